The van der Waals surface area contributed by atoms with Crippen LogP contribution in [-0.4, -0.2) is 23.8 Å². The summed E-state index contributed by atoms with van der Waals surface area (Å²) in [6, 6.07) is 5.65. The summed E-state index contributed by atoms with van der Waals surface area (Å²) in [6.45, 7) is 2.14. The molecule has 0 saturated heterocycles. The van der Waals surface area contributed by atoms with Gasteiger partial charge in [-0.25, -0.2) is 4.79 Å². The first kappa shape index (κ1) is 14.3. The normalized spacial score (nSPS) is 22.3. The molecule has 0 aliphatic heterocycles. The van der Waals surface area contributed by atoms with E-state index in [1.807, 2.05) is 25.1 Å². The summed E-state index contributed by atoms with van der Waals surface area (Å²) in [4.78, 5) is 11.9. The molecule has 104 valence electrons. The fourth-order valence-corrected chi connectivity index (χ4v) is 3.09. The van der Waals surface area contributed by atoms with Crippen LogP contribution in [0.1, 0.15) is 24.8 Å². The molecule has 0 unspecified atom stereocenters. The van der Waals surface area contributed by atoms with Crippen molar-refractivity contribution >= 4 is 27.6 Å². The minimum Gasteiger partial charge on any atom is -0.396 e. The largest absolute Gasteiger partial charge is 0.396 e. The Balaban J connectivity index is 1.94. The summed E-state index contributed by atoms with van der Waals surface area (Å²) >= 11 is 3.43. The molecule has 1 aromatic rings. The molecule has 1 aromatic carbocycles. The van der Waals surface area contributed by atoms with E-state index in [2.05, 4.69) is 26.6 Å². The number of amides is 2. The van der Waals surface area contributed by atoms with Gasteiger partial charge in [0.1, 0.15) is 0 Å². The van der Waals surface area contributed by atoms with E-state index < -0.39 is 0 Å². The zero-order valence-corrected chi connectivity index (χ0v) is 12.5. The zero-order chi connectivity index (χ0) is 13.8. The minimum absolute atomic E-state index is 0.0780. The van der Waals surface area contributed by atoms with Crippen molar-refractivity contribution in [3.8, 4) is 0 Å². The number of aliphatic hydroxyl groups is 1. The average Bonchev–Trinajstić information content (AvgIpc) is 2.80. The summed E-state index contributed by atoms with van der Waals surface area (Å²) in [7, 11) is 0. The van der Waals surface area contributed by atoms with Gasteiger partial charge >= 0.3 is 6.03 Å². The van der Waals surface area contributed by atoms with Gasteiger partial charge in [0, 0.05) is 23.0 Å². The molecule has 3 N–H and O–H groups in total. The second kappa shape index (κ2) is 6.39. The first-order valence-electron chi connectivity index (χ1n) is 6.54. The number of anilines is 1. The molecule has 1 aliphatic rings. The Hall–Kier alpha value is -1.07. The van der Waals surface area contributed by atoms with Gasteiger partial charge in [-0.2, -0.15) is 0 Å². The van der Waals surface area contributed by atoms with E-state index in [1.54, 1.807) is 0 Å². The fourth-order valence-electron chi connectivity index (χ4n) is 2.49. The predicted octanol–water partition coefficient (Wildman–Crippen LogP) is 3.04. The van der Waals surface area contributed by atoms with E-state index in [9.17, 15) is 9.90 Å². The second-order valence-electron chi connectivity index (χ2n) is 5.06. The van der Waals surface area contributed by atoms with Crippen molar-refractivity contribution in [2.75, 3.05) is 11.9 Å². The number of carbonyl (C=O) groups excluding carboxylic acids is 1. The van der Waals surface area contributed by atoms with Crippen molar-refractivity contribution in [1.82, 2.24) is 5.32 Å². The third-order valence-electron chi connectivity index (χ3n) is 3.58. The van der Waals surface area contributed by atoms with Crippen molar-refractivity contribution < 1.29 is 9.90 Å². The molecule has 0 bridgehead atoms. The van der Waals surface area contributed by atoms with Crippen LogP contribution in [-0.2, 0) is 0 Å². The highest BCUT2D eigenvalue weighted by atomic mass is 79.9. The lowest BCUT2D eigenvalue weighted by Gasteiger charge is -2.19. The topological polar surface area (TPSA) is 61.4 Å². The molecule has 0 radical (unpaired) electrons. The highest BCUT2D eigenvalue weighted by Gasteiger charge is 2.27. The summed E-state index contributed by atoms with van der Waals surface area (Å²) in [5.74, 6) is 0.187. The molecule has 1 saturated carbocycles. The second-order valence-corrected chi connectivity index (χ2v) is 5.92. The molecule has 5 heteroatoms. The lowest BCUT2D eigenvalue weighted by atomic mass is 10.1. The summed E-state index contributed by atoms with van der Waals surface area (Å²) < 4.78 is 0.868. The van der Waals surface area contributed by atoms with Gasteiger partial charge in [-0.1, -0.05) is 12.5 Å². The first-order chi connectivity index (χ1) is 9.10. The molecule has 1 aliphatic carbocycles. The Kier molecular flexibility index (Phi) is 4.82. The molecular weight excluding hydrogens is 308 g/mol. The van der Waals surface area contributed by atoms with Crippen LogP contribution in [0.15, 0.2) is 22.7 Å². The molecule has 4 nitrogen and oxygen atoms in total. The van der Waals surface area contributed by atoms with Crippen molar-refractivity contribution in [1.29, 1.82) is 0 Å². The first-order valence-corrected chi connectivity index (χ1v) is 7.34. The van der Waals surface area contributed by atoms with E-state index in [4.69, 9.17) is 0 Å². The molecule has 2 rings (SSSR count). The molecule has 0 spiro atoms. The Bertz CT molecular complexity index is 465. The van der Waals surface area contributed by atoms with Crippen molar-refractivity contribution in [3.63, 3.8) is 0 Å². The summed E-state index contributed by atoms with van der Waals surface area (Å²) in [5.41, 5.74) is 1.88. The van der Waals surface area contributed by atoms with Crippen LogP contribution in [0.5, 0.6) is 0 Å². The number of urea groups is 1. The third-order valence-corrected chi connectivity index (χ3v) is 4.24. The fraction of sp³-hybridized carbons (Fsp3) is 0.500. The quantitative estimate of drug-likeness (QED) is 0.799. The molecule has 2 amide bonds. The van der Waals surface area contributed by atoms with Gasteiger partial charge in [-0.05, 0) is 53.4 Å². The van der Waals surface area contributed by atoms with Gasteiger partial charge < -0.3 is 15.7 Å². The highest BCUT2D eigenvalue weighted by Crippen LogP contribution is 2.26. The number of rotatable bonds is 3. The SMILES string of the molecule is Cc1ccc(NC(=O)N[C@@H]2CCC[C@H]2CO)c(Br)c1. The lowest BCUT2D eigenvalue weighted by Crippen LogP contribution is -2.41. The van der Waals surface area contributed by atoms with Gasteiger partial charge in [0.05, 0.1) is 5.69 Å². The smallest absolute Gasteiger partial charge is 0.319 e. The number of halogens is 1. The maximum Gasteiger partial charge on any atom is 0.319 e. The van der Waals surface area contributed by atoms with Crippen molar-refractivity contribution in [2.45, 2.75) is 32.2 Å². The van der Waals surface area contributed by atoms with Crippen LogP contribution >= 0.6 is 15.9 Å². The average molecular weight is 327 g/mol. The third kappa shape index (κ3) is 3.70. The van der Waals surface area contributed by atoms with Crippen LogP contribution in [0.3, 0.4) is 0 Å². The highest BCUT2D eigenvalue weighted by molar-refractivity contribution is 9.10. The maximum atomic E-state index is 11.9. The van der Waals surface area contributed by atoms with Gasteiger partial charge in [-0.3, -0.25) is 0 Å². The number of aryl methyl sites for hydroxylation is 1. The van der Waals surface area contributed by atoms with Gasteiger partial charge in [0.2, 0.25) is 0 Å². The Morgan fingerprint density at radius 3 is 2.95 bits per heavy atom. The van der Waals surface area contributed by atoms with Gasteiger partial charge in [-0.15, -0.1) is 0 Å². The molecule has 0 heterocycles. The van der Waals surface area contributed by atoms with Crippen LogP contribution in [0.25, 0.3) is 0 Å². The Morgan fingerprint density at radius 1 is 1.47 bits per heavy atom. The summed E-state index contributed by atoms with van der Waals surface area (Å²) in [5, 5.41) is 15.0. The van der Waals surface area contributed by atoms with Crippen LogP contribution in [0.2, 0.25) is 0 Å². The number of hydrogen-bond donors (Lipinski definition) is 3. The number of hydrogen-bond acceptors (Lipinski definition) is 2. The molecule has 0 aromatic heterocycles. The van der Waals surface area contributed by atoms with Gasteiger partial charge in [0.25, 0.3) is 0 Å². The predicted molar refractivity (Wildman–Crippen MR) is 79.2 cm³/mol. The van der Waals surface area contributed by atoms with E-state index in [1.165, 1.54) is 0 Å². The van der Waals surface area contributed by atoms with E-state index >= 15 is 0 Å². The van der Waals surface area contributed by atoms with Gasteiger partial charge in [0.15, 0.2) is 0 Å². The summed E-state index contributed by atoms with van der Waals surface area (Å²) in [6.07, 6.45) is 2.98. The number of benzene rings is 1. The molecule has 2 atom stereocenters. The van der Waals surface area contributed by atoms with E-state index in [0.29, 0.717) is 0 Å². The zero-order valence-electron chi connectivity index (χ0n) is 10.9. The lowest BCUT2D eigenvalue weighted by molar-refractivity contribution is 0.203. The van der Waals surface area contributed by atoms with E-state index in [-0.39, 0.29) is 24.6 Å². The maximum absolute atomic E-state index is 11.9. The van der Waals surface area contributed by atoms with Crippen LogP contribution in [0, 0.1) is 12.8 Å². The van der Waals surface area contributed by atoms with Crippen molar-refractivity contribution in [2.24, 2.45) is 5.92 Å². The molecule has 19 heavy (non-hydrogen) atoms. The van der Waals surface area contributed by atoms with Crippen LogP contribution < -0.4 is 10.6 Å². The van der Waals surface area contributed by atoms with Crippen molar-refractivity contribution in [3.05, 3.63) is 28.2 Å². The Morgan fingerprint density at radius 2 is 2.26 bits per heavy atom. The molecular formula is C14H19BrN2O2. The number of carbonyl (C=O) groups is 1. The Labute approximate surface area is 121 Å². The minimum atomic E-state index is -0.213. The monoisotopic (exact) mass is 326 g/mol. The van der Waals surface area contributed by atoms with E-state index in [0.717, 1.165) is 35.0 Å². The number of nitrogens with one attached hydrogen (secondary N) is 2. The molecule has 1 fully saturated rings. The van der Waals surface area contributed by atoms with Crippen LogP contribution in [0.4, 0.5) is 10.5 Å². The standard InChI is InChI=1S/C14H19BrN2O2/c1-9-5-6-13(11(15)7-9)17-14(19)16-12-4-2-3-10(12)8-18/h5-7,10,12,18H,2-4,8H2,1H3,(H2,16,17,19)/t10-,12+/m0/s1. The number of aliphatic hydroxyl groups excluding tert-OH is 1.